The standard InChI is InChI=1S/C12H16O3/c1-15-9-11-5-6-12(14)8-10(11)4-2-3-7-13/h5-8,14H,2-4,9H2,1H3. The Balaban J connectivity index is 2.72. The number of aromatic hydroxyl groups is 1. The van der Waals surface area contributed by atoms with E-state index in [0.29, 0.717) is 13.0 Å². The number of methoxy groups -OCH3 is 1. The van der Waals surface area contributed by atoms with Crippen molar-refractivity contribution < 1.29 is 14.6 Å². The summed E-state index contributed by atoms with van der Waals surface area (Å²) in [6.45, 7) is 0.538. The highest BCUT2D eigenvalue weighted by Gasteiger charge is 2.03. The van der Waals surface area contributed by atoms with Crippen LogP contribution in [0.15, 0.2) is 18.2 Å². The van der Waals surface area contributed by atoms with E-state index in [1.54, 1.807) is 19.2 Å². The third-order valence-electron chi connectivity index (χ3n) is 2.26. The molecule has 0 aliphatic rings. The number of ether oxygens (including phenoxy) is 1. The third kappa shape index (κ3) is 3.72. The molecule has 3 heteroatoms. The van der Waals surface area contributed by atoms with Gasteiger partial charge in [-0.25, -0.2) is 0 Å². The summed E-state index contributed by atoms with van der Waals surface area (Å²) in [6.07, 6.45) is 3.08. The normalized spacial score (nSPS) is 10.2. The van der Waals surface area contributed by atoms with Gasteiger partial charge >= 0.3 is 0 Å². The number of phenolic OH excluding ortho intramolecular Hbond substituents is 1. The maximum Gasteiger partial charge on any atom is 0.120 e. The van der Waals surface area contributed by atoms with E-state index >= 15 is 0 Å². The van der Waals surface area contributed by atoms with Gasteiger partial charge in [0.1, 0.15) is 12.0 Å². The SMILES string of the molecule is COCc1ccc(O)cc1CCCC=O. The number of phenols is 1. The van der Waals surface area contributed by atoms with Gasteiger partial charge in [0, 0.05) is 13.5 Å². The van der Waals surface area contributed by atoms with Crippen LogP contribution in [0.25, 0.3) is 0 Å². The fourth-order valence-electron chi connectivity index (χ4n) is 1.52. The molecule has 1 rings (SSSR count). The predicted octanol–water partition coefficient (Wildman–Crippen LogP) is 2.06. The fraction of sp³-hybridized carbons (Fsp3) is 0.417. The van der Waals surface area contributed by atoms with E-state index in [1.165, 1.54) is 0 Å². The molecule has 15 heavy (non-hydrogen) atoms. The van der Waals surface area contributed by atoms with Gasteiger partial charge < -0.3 is 14.6 Å². The van der Waals surface area contributed by atoms with Crippen LogP contribution < -0.4 is 0 Å². The maximum absolute atomic E-state index is 10.2. The summed E-state index contributed by atoms with van der Waals surface area (Å²) in [4.78, 5) is 10.2. The molecule has 0 radical (unpaired) electrons. The van der Waals surface area contributed by atoms with Gasteiger partial charge in [0.15, 0.2) is 0 Å². The summed E-state index contributed by atoms with van der Waals surface area (Å²) < 4.78 is 5.06. The molecule has 0 aliphatic heterocycles. The Bertz CT molecular complexity index is 321. The van der Waals surface area contributed by atoms with E-state index in [1.807, 2.05) is 6.07 Å². The Labute approximate surface area is 89.7 Å². The van der Waals surface area contributed by atoms with Crippen LogP contribution in [0.2, 0.25) is 0 Å². The van der Waals surface area contributed by atoms with E-state index in [0.717, 1.165) is 30.3 Å². The van der Waals surface area contributed by atoms with Crippen LogP contribution in [0, 0.1) is 0 Å². The largest absolute Gasteiger partial charge is 0.508 e. The van der Waals surface area contributed by atoms with Gasteiger partial charge in [0.25, 0.3) is 0 Å². The number of unbranched alkanes of at least 4 members (excludes halogenated alkanes) is 1. The Morgan fingerprint density at radius 1 is 1.40 bits per heavy atom. The molecule has 0 fully saturated rings. The minimum atomic E-state index is 0.260. The van der Waals surface area contributed by atoms with E-state index in [2.05, 4.69) is 0 Å². The van der Waals surface area contributed by atoms with Crippen molar-refractivity contribution in [2.24, 2.45) is 0 Å². The number of rotatable bonds is 6. The highest BCUT2D eigenvalue weighted by atomic mass is 16.5. The van der Waals surface area contributed by atoms with Crippen LogP contribution in [-0.2, 0) is 22.6 Å². The summed E-state index contributed by atoms with van der Waals surface area (Å²) in [5.74, 6) is 0.260. The van der Waals surface area contributed by atoms with Gasteiger partial charge in [-0.2, -0.15) is 0 Å². The molecular formula is C12H16O3. The molecule has 0 heterocycles. The van der Waals surface area contributed by atoms with Crippen LogP contribution in [0.4, 0.5) is 0 Å². The van der Waals surface area contributed by atoms with Crippen LogP contribution in [0.1, 0.15) is 24.0 Å². The molecule has 0 aromatic heterocycles. The van der Waals surface area contributed by atoms with Crippen LogP contribution in [-0.4, -0.2) is 18.5 Å². The zero-order chi connectivity index (χ0) is 11.1. The predicted molar refractivity (Wildman–Crippen MR) is 57.8 cm³/mol. The van der Waals surface area contributed by atoms with Gasteiger partial charge in [-0.15, -0.1) is 0 Å². The second kappa shape index (κ2) is 6.19. The molecule has 0 saturated heterocycles. The molecule has 1 aromatic carbocycles. The second-order valence-electron chi connectivity index (χ2n) is 3.44. The van der Waals surface area contributed by atoms with Crippen LogP contribution in [0.5, 0.6) is 5.75 Å². The number of carbonyl (C=O) groups excluding carboxylic acids is 1. The third-order valence-corrected chi connectivity index (χ3v) is 2.26. The average Bonchev–Trinajstić information content (AvgIpc) is 2.22. The summed E-state index contributed by atoms with van der Waals surface area (Å²) >= 11 is 0. The zero-order valence-electron chi connectivity index (χ0n) is 8.90. The van der Waals surface area contributed by atoms with Gasteiger partial charge in [-0.3, -0.25) is 0 Å². The van der Waals surface area contributed by atoms with E-state index in [4.69, 9.17) is 4.74 Å². The fourth-order valence-corrected chi connectivity index (χ4v) is 1.52. The Kier molecular flexibility index (Phi) is 4.84. The number of hydrogen-bond acceptors (Lipinski definition) is 3. The van der Waals surface area contributed by atoms with Gasteiger partial charge in [-0.05, 0) is 36.1 Å². The van der Waals surface area contributed by atoms with Crippen molar-refractivity contribution in [1.29, 1.82) is 0 Å². The number of carbonyl (C=O) groups is 1. The molecule has 0 unspecified atom stereocenters. The molecule has 0 amide bonds. The first-order valence-corrected chi connectivity index (χ1v) is 5.01. The van der Waals surface area contributed by atoms with E-state index in [9.17, 15) is 9.90 Å². The van der Waals surface area contributed by atoms with Crippen molar-refractivity contribution in [2.75, 3.05) is 7.11 Å². The molecule has 3 nitrogen and oxygen atoms in total. The van der Waals surface area contributed by atoms with Gasteiger partial charge in [0.05, 0.1) is 6.61 Å². The zero-order valence-corrected chi connectivity index (χ0v) is 8.90. The maximum atomic E-state index is 10.2. The highest BCUT2D eigenvalue weighted by Crippen LogP contribution is 2.19. The number of aldehydes is 1. The summed E-state index contributed by atoms with van der Waals surface area (Å²) in [5, 5.41) is 9.35. The van der Waals surface area contributed by atoms with Crippen LogP contribution >= 0.6 is 0 Å². The molecule has 82 valence electrons. The Hall–Kier alpha value is -1.35. The van der Waals surface area contributed by atoms with E-state index in [-0.39, 0.29) is 5.75 Å². The average molecular weight is 208 g/mol. The molecule has 0 bridgehead atoms. The lowest BCUT2D eigenvalue weighted by molar-refractivity contribution is -0.107. The highest BCUT2D eigenvalue weighted by molar-refractivity contribution is 5.49. The first-order valence-electron chi connectivity index (χ1n) is 5.01. The molecule has 0 spiro atoms. The summed E-state index contributed by atoms with van der Waals surface area (Å²) in [6, 6.07) is 5.24. The monoisotopic (exact) mass is 208 g/mol. The number of aryl methyl sites for hydroxylation is 1. The molecule has 0 aliphatic carbocycles. The van der Waals surface area contributed by atoms with Crippen molar-refractivity contribution in [3.63, 3.8) is 0 Å². The minimum absolute atomic E-state index is 0.260. The number of benzene rings is 1. The summed E-state index contributed by atoms with van der Waals surface area (Å²) in [5.41, 5.74) is 2.12. The van der Waals surface area contributed by atoms with Crippen molar-refractivity contribution in [3.8, 4) is 5.75 Å². The second-order valence-corrected chi connectivity index (χ2v) is 3.44. The molecule has 0 saturated carbocycles. The minimum Gasteiger partial charge on any atom is -0.508 e. The molecule has 1 aromatic rings. The number of hydrogen-bond donors (Lipinski definition) is 1. The Morgan fingerprint density at radius 2 is 2.20 bits per heavy atom. The smallest absolute Gasteiger partial charge is 0.120 e. The van der Waals surface area contributed by atoms with Crippen LogP contribution in [0.3, 0.4) is 0 Å². The summed E-state index contributed by atoms with van der Waals surface area (Å²) in [7, 11) is 1.64. The lowest BCUT2D eigenvalue weighted by Crippen LogP contribution is -1.96. The van der Waals surface area contributed by atoms with Gasteiger partial charge in [-0.1, -0.05) is 6.07 Å². The molecular weight excluding hydrogens is 192 g/mol. The quantitative estimate of drug-likeness (QED) is 0.575. The topological polar surface area (TPSA) is 46.5 Å². The Morgan fingerprint density at radius 3 is 2.87 bits per heavy atom. The lowest BCUT2D eigenvalue weighted by atomic mass is 10.0. The van der Waals surface area contributed by atoms with Crippen molar-refractivity contribution in [2.45, 2.75) is 25.9 Å². The van der Waals surface area contributed by atoms with Crippen molar-refractivity contribution in [3.05, 3.63) is 29.3 Å². The molecule has 1 N–H and O–H groups in total. The molecule has 0 atom stereocenters. The van der Waals surface area contributed by atoms with Crippen molar-refractivity contribution >= 4 is 6.29 Å². The first-order chi connectivity index (χ1) is 7.27. The van der Waals surface area contributed by atoms with Gasteiger partial charge in [0.2, 0.25) is 0 Å². The van der Waals surface area contributed by atoms with Crippen molar-refractivity contribution in [1.82, 2.24) is 0 Å². The first kappa shape index (κ1) is 11.7. The lowest BCUT2D eigenvalue weighted by Gasteiger charge is -2.08. The van der Waals surface area contributed by atoms with E-state index < -0.39 is 0 Å².